The van der Waals surface area contributed by atoms with Gasteiger partial charge in [-0.25, -0.2) is 4.39 Å². The highest BCUT2D eigenvalue weighted by Gasteiger charge is 2.01. The molecule has 0 bridgehead atoms. The van der Waals surface area contributed by atoms with E-state index in [-0.39, 0.29) is 11.9 Å². The maximum absolute atomic E-state index is 13.2. The normalized spacial score (nSPS) is 12.7. The maximum atomic E-state index is 13.2. The van der Waals surface area contributed by atoms with Crippen LogP contribution in [0.3, 0.4) is 0 Å². The molecule has 1 N–H and O–H groups in total. The Labute approximate surface area is 90.4 Å². The summed E-state index contributed by atoms with van der Waals surface area (Å²) in [6.45, 7) is 3.57. The lowest BCUT2D eigenvalue weighted by atomic mass is 10.1. The minimum Gasteiger partial charge on any atom is -0.380 e. The fraction of sp³-hybridized carbons (Fsp3) is 0.500. The van der Waals surface area contributed by atoms with E-state index >= 15 is 0 Å². The first-order valence-electron chi connectivity index (χ1n) is 5.21. The van der Waals surface area contributed by atoms with Crippen LogP contribution in [0.1, 0.15) is 12.5 Å². The molecule has 15 heavy (non-hydrogen) atoms. The third-order valence-corrected chi connectivity index (χ3v) is 2.36. The summed E-state index contributed by atoms with van der Waals surface area (Å²) in [5.74, 6) is -0.126. The summed E-state index contributed by atoms with van der Waals surface area (Å²) in [6.07, 6.45) is 0.911. The molecule has 1 unspecified atom stereocenters. The molecule has 0 saturated heterocycles. The number of ether oxygens (including phenoxy) is 1. The fourth-order valence-electron chi connectivity index (χ4n) is 1.31. The van der Waals surface area contributed by atoms with Gasteiger partial charge in [-0.15, -0.1) is 0 Å². The zero-order chi connectivity index (χ0) is 11.1. The smallest absolute Gasteiger partial charge is 0.126 e. The van der Waals surface area contributed by atoms with Gasteiger partial charge in [0.15, 0.2) is 0 Å². The van der Waals surface area contributed by atoms with Crippen molar-refractivity contribution in [3.63, 3.8) is 0 Å². The number of halogens is 1. The van der Waals surface area contributed by atoms with Crippen molar-refractivity contribution < 1.29 is 9.13 Å². The summed E-state index contributed by atoms with van der Waals surface area (Å²) in [4.78, 5) is 0. The highest BCUT2D eigenvalue weighted by molar-refractivity contribution is 5.17. The molecule has 0 spiro atoms. The molecule has 3 heteroatoms. The minimum atomic E-state index is -0.126. The largest absolute Gasteiger partial charge is 0.380 e. The second-order valence-electron chi connectivity index (χ2n) is 3.59. The standard InChI is InChI=1S/C12H18FNO/c1-10(15-2)9-14-8-7-11-5-3-4-6-12(11)13/h3-6,10,14H,7-9H2,1-2H3. The van der Waals surface area contributed by atoms with Crippen LogP contribution in [0.25, 0.3) is 0 Å². The molecular formula is C12H18FNO. The molecule has 0 fully saturated rings. The summed E-state index contributed by atoms with van der Waals surface area (Å²) < 4.78 is 18.3. The van der Waals surface area contributed by atoms with Gasteiger partial charge in [-0.2, -0.15) is 0 Å². The van der Waals surface area contributed by atoms with Crippen molar-refractivity contribution in [2.24, 2.45) is 0 Å². The summed E-state index contributed by atoms with van der Waals surface area (Å²) >= 11 is 0. The summed E-state index contributed by atoms with van der Waals surface area (Å²) in [5.41, 5.74) is 0.759. The van der Waals surface area contributed by atoms with Gasteiger partial charge in [0.25, 0.3) is 0 Å². The molecule has 1 aromatic carbocycles. The number of benzene rings is 1. The van der Waals surface area contributed by atoms with Crippen molar-refractivity contribution in [3.8, 4) is 0 Å². The molecule has 1 rings (SSSR count). The van der Waals surface area contributed by atoms with Crippen LogP contribution in [0.5, 0.6) is 0 Å². The third-order valence-electron chi connectivity index (χ3n) is 2.36. The predicted octanol–water partition coefficient (Wildman–Crippen LogP) is 1.99. The molecule has 0 aliphatic heterocycles. The SMILES string of the molecule is COC(C)CNCCc1ccccc1F. The molecule has 0 radical (unpaired) electrons. The van der Waals surface area contributed by atoms with Gasteiger partial charge in [-0.3, -0.25) is 0 Å². The Bertz CT molecular complexity index is 291. The summed E-state index contributed by atoms with van der Waals surface area (Å²) in [5, 5.41) is 3.22. The van der Waals surface area contributed by atoms with Gasteiger partial charge in [0.1, 0.15) is 5.82 Å². The number of nitrogens with one attached hydrogen (secondary N) is 1. The Morgan fingerprint density at radius 3 is 2.80 bits per heavy atom. The fourth-order valence-corrected chi connectivity index (χ4v) is 1.31. The van der Waals surface area contributed by atoms with Crippen LogP contribution < -0.4 is 5.32 Å². The molecule has 2 nitrogen and oxygen atoms in total. The Hall–Kier alpha value is -0.930. The van der Waals surface area contributed by atoms with E-state index in [1.807, 2.05) is 19.1 Å². The van der Waals surface area contributed by atoms with Crippen molar-refractivity contribution in [1.29, 1.82) is 0 Å². The van der Waals surface area contributed by atoms with E-state index in [2.05, 4.69) is 5.32 Å². The van der Waals surface area contributed by atoms with Crippen molar-refractivity contribution in [2.75, 3.05) is 20.2 Å². The lowest BCUT2D eigenvalue weighted by molar-refractivity contribution is 0.117. The molecule has 1 aromatic rings. The van der Waals surface area contributed by atoms with Gasteiger partial charge in [0, 0.05) is 13.7 Å². The third kappa shape index (κ3) is 4.40. The number of hydrogen-bond acceptors (Lipinski definition) is 2. The number of hydrogen-bond donors (Lipinski definition) is 1. The van der Waals surface area contributed by atoms with Gasteiger partial charge in [-0.05, 0) is 31.5 Å². The van der Waals surface area contributed by atoms with Crippen molar-refractivity contribution in [1.82, 2.24) is 5.32 Å². The Morgan fingerprint density at radius 1 is 1.40 bits per heavy atom. The van der Waals surface area contributed by atoms with Gasteiger partial charge in [-0.1, -0.05) is 18.2 Å². The Balaban J connectivity index is 2.23. The molecule has 0 aliphatic carbocycles. The average Bonchev–Trinajstić information content (AvgIpc) is 2.26. The second kappa shape index (κ2) is 6.53. The van der Waals surface area contributed by atoms with Crippen LogP contribution in [-0.4, -0.2) is 26.3 Å². The molecule has 0 heterocycles. The highest BCUT2D eigenvalue weighted by Crippen LogP contribution is 2.05. The second-order valence-corrected chi connectivity index (χ2v) is 3.59. The van der Waals surface area contributed by atoms with Gasteiger partial charge < -0.3 is 10.1 Å². The first-order valence-corrected chi connectivity index (χ1v) is 5.21. The van der Waals surface area contributed by atoms with Crippen LogP contribution in [0, 0.1) is 5.82 Å². The van der Waals surface area contributed by atoms with E-state index in [9.17, 15) is 4.39 Å². The zero-order valence-electron chi connectivity index (χ0n) is 9.29. The van der Waals surface area contributed by atoms with Gasteiger partial charge in [0.2, 0.25) is 0 Å². The quantitative estimate of drug-likeness (QED) is 0.727. The van der Waals surface area contributed by atoms with Gasteiger partial charge >= 0.3 is 0 Å². The first-order chi connectivity index (χ1) is 7.24. The predicted molar refractivity (Wildman–Crippen MR) is 59.4 cm³/mol. The van der Waals surface area contributed by atoms with E-state index in [4.69, 9.17) is 4.74 Å². The van der Waals surface area contributed by atoms with Crippen LogP contribution in [-0.2, 0) is 11.2 Å². The summed E-state index contributed by atoms with van der Waals surface area (Å²) in [6, 6.07) is 6.87. The van der Waals surface area contributed by atoms with E-state index in [1.165, 1.54) is 6.07 Å². The number of methoxy groups -OCH3 is 1. The lowest BCUT2D eigenvalue weighted by Gasteiger charge is -2.10. The Morgan fingerprint density at radius 2 is 2.13 bits per heavy atom. The number of rotatable bonds is 6. The van der Waals surface area contributed by atoms with E-state index in [0.717, 1.165) is 18.7 Å². The van der Waals surface area contributed by atoms with Crippen LogP contribution in [0.15, 0.2) is 24.3 Å². The average molecular weight is 211 g/mol. The molecular weight excluding hydrogens is 193 g/mol. The topological polar surface area (TPSA) is 21.3 Å². The molecule has 0 aliphatic rings. The van der Waals surface area contributed by atoms with Gasteiger partial charge in [0.05, 0.1) is 6.10 Å². The van der Waals surface area contributed by atoms with Crippen molar-refractivity contribution in [2.45, 2.75) is 19.4 Å². The van der Waals surface area contributed by atoms with Crippen LogP contribution in [0.2, 0.25) is 0 Å². The van der Waals surface area contributed by atoms with E-state index in [1.54, 1.807) is 13.2 Å². The minimum absolute atomic E-state index is 0.126. The highest BCUT2D eigenvalue weighted by atomic mass is 19.1. The zero-order valence-corrected chi connectivity index (χ0v) is 9.29. The summed E-state index contributed by atoms with van der Waals surface area (Å²) in [7, 11) is 1.68. The first kappa shape index (κ1) is 12.1. The molecule has 1 atom stereocenters. The van der Waals surface area contributed by atoms with E-state index < -0.39 is 0 Å². The van der Waals surface area contributed by atoms with E-state index in [0.29, 0.717) is 6.42 Å². The molecule has 0 saturated carbocycles. The molecule has 0 amide bonds. The monoisotopic (exact) mass is 211 g/mol. The molecule has 84 valence electrons. The Kier molecular flexibility index (Phi) is 5.29. The van der Waals surface area contributed by atoms with Crippen LogP contribution >= 0.6 is 0 Å². The van der Waals surface area contributed by atoms with Crippen molar-refractivity contribution >= 4 is 0 Å². The maximum Gasteiger partial charge on any atom is 0.126 e. The lowest BCUT2D eigenvalue weighted by Crippen LogP contribution is -2.27. The van der Waals surface area contributed by atoms with Crippen molar-refractivity contribution in [3.05, 3.63) is 35.6 Å². The molecule has 0 aromatic heterocycles. The van der Waals surface area contributed by atoms with Crippen LogP contribution in [0.4, 0.5) is 4.39 Å².